The lowest BCUT2D eigenvalue weighted by Crippen LogP contribution is -2.14. The molecule has 4 aromatic rings. The molecule has 7 heteroatoms. The van der Waals surface area contributed by atoms with Crippen LogP contribution in [0.25, 0.3) is 28.4 Å². The fourth-order valence-corrected chi connectivity index (χ4v) is 2.79. The summed E-state index contributed by atoms with van der Waals surface area (Å²) in [6.07, 6.45) is 0. The van der Waals surface area contributed by atoms with E-state index in [9.17, 15) is 4.79 Å². The van der Waals surface area contributed by atoms with Gasteiger partial charge in [-0.1, -0.05) is 23.7 Å². The molecule has 2 aromatic carbocycles. The Bertz CT molecular complexity index is 1120. The van der Waals surface area contributed by atoms with Crippen LogP contribution in [0.5, 0.6) is 5.75 Å². The van der Waals surface area contributed by atoms with Gasteiger partial charge in [-0.25, -0.2) is 4.98 Å². The molecule has 6 nitrogen and oxygen atoms in total. The van der Waals surface area contributed by atoms with E-state index in [4.69, 9.17) is 16.3 Å². The second kappa shape index (κ2) is 6.07. The van der Waals surface area contributed by atoms with Gasteiger partial charge < -0.3 is 4.74 Å². The Morgan fingerprint density at radius 3 is 2.56 bits per heavy atom. The van der Waals surface area contributed by atoms with Gasteiger partial charge in [0.05, 0.1) is 17.8 Å². The van der Waals surface area contributed by atoms with Crippen LogP contribution in [0.4, 0.5) is 0 Å². The third-order valence-corrected chi connectivity index (χ3v) is 4.17. The standard InChI is InChI=1S/C18H13ClN4O2/c1-25-12-8-6-11(7-9-12)15-10-16(24)23-18(20-15)21-17(22-23)13-4-2-3-5-14(13)19/h2-10H,1H3,(H,20,21,22). The number of H-pyrrole nitrogens is 1. The van der Waals surface area contributed by atoms with Crippen molar-refractivity contribution in [3.63, 3.8) is 0 Å². The molecule has 0 atom stereocenters. The molecule has 0 amide bonds. The maximum atomic E-state index is 12.4. The van der Waals surface area contributed by atoms with Crippen molar-refractivity contribution in [2.45, 2.75) is 0 Å². The number of nitrogens with one attached hydrogen (secondary N) is 1. The highest BCUT2D eigenvalue weighted by Gasteiger charge is 2.12. The molecule has 2 aromatic heterocycles. The number of nitrogens with zero attached hydrogens (tertiary/aromatic N) is 3. The molecule has 0 aliphatic heterocycles. The Hall–Kier alpha value is -3.12. The summed E-state index contributed by atoms with van der Waals surface area (Å²) in [6, 6.07) is 16.1. The number of benzene rings is 2. The topological polar surface area (TPSA) is 72.3 Å². The van der Waals surface area contributed by atoms with E-state index in [1.165, 1.54) is 10.6 Å². The van der Waals surface area contributed by atoms with Crippen LogP contribution >= 0.6 is 11.6 Å². The maximum absolute atomic E-state index is 12.4. The van der Waals surface area contributed by atoms with Crippen molar-refractivity contribution in [3.8, 4) is 28.4 Å². The summed E-state index contributed by atoms with van der Waals surface area (Å²) in [4.78, 5) is 21.3. The predicted molar refractivity (Wildman–Crippen MR) is 96.0 cm³/mol. The Kier molecular flexibility index (Phi) is 3.74. The lowest BCUT2D eigenvalue weighted by molar-refractivity contribution is 0.415. The molecule has 0 spiro atoms. The van der Waals surface area contributed by atoms with Crippen LogP contribution in [0.15, 0.2) is 59.4 Å². The van der Waals surface area contributed by atoms with Crippen molar-refractivity contribution in [2.24, 2.45) is 0 Å². The second-order valence-corrected chi connectivity index (χ2v) is 5.80. The molecule has 0 bridgehead atoms. The number of aromatic nitrogens is 4. The zero-order chi connectivity index (χ0) is 17.4. The highest BCUT2D eigenvalue weighted by Crippen LogP contribution is 2.25. The largest absolute Gasteiger partial charge is 0.497 e. The molecule has 0 aliphatic carbocycles. The number of fused-ring (bicyclic) bond motifs is 1. The predicted octanol–water partition coefficient (Wildman–Crippen LogP) is 3.41. The van der Waals surface area contributed by atoms with E-state index in [1.54, 1.807) is 13.2 Å². The first-order valence-corrected chi connectivity index (χ1v) is 7.92. The van der Waals surface area contributed by atoms with Crippen LogP contribution in [0, 0.1) is 0 Å². The van der Waals surface area contributed by atoms with E-state index < -0.39 is 0 Å². The average molecular weight is 353 g/mol. The number of ether oxygens (including phenoxy) is 1. The molecule has 0 saturated heterocycles. The van der Waals surface area contributed by atoms with E-state index in [1.807, 2.05) is 42.5 Å². The smallest absolute Gasteiger partial charge is 0.274 e. The average Bonchev–Trinajstić information content (AvgIpc) is 3.07. The van der Waals surface area contributed by atoms with Gasteiger partial charge in [0.2, 0.25) is 0 Å². The molecule has 0 aliphatic rings. The molecule has 0 fully saturated rings. The Labute approximate surface area is 147 Å². The molecular weight excluding hydrogens is 340 g/mol. The molecule has 124 valence electrons. The number of methoxy groups -OCH3 is 1. The lowest BCUT2D eigenvalue weighted by Gasteiger charge is -2.02. The molecule has 1 N–H and O–H groups in total. The molecule has 2 heterocycles. The van der Waals surface area contributed by atoms with Crippen molar-refractivity contribution in [1.82, 2.24) is 19.6 Å². The minimum Gasteiger partial charge on any atom is -0.497 e. The monoisotopic (exact) mass is 352 g/mol. The minimum atomic E-state index is -0.248. The van der Waals surface area contributed by atoms with Crippen LogP contribution in [0.3, 0.4) is 0 Å². The molecule has 0 saturated carbocycles. The van der Waals surface area contributed by atoms with E-state index in [0.29, 0.717) is 22.1 Å². The van der Waals surface area contributed by atoms with Gasteiger partial charge >= 0.3 is 0 Å². The first-order valence-electron chi connectivity index (χ1n) is 7.55. The molecule has 0 radical (unpaired) electrons. The quantitative estimate of drug-likeness (QED) is 0.613. The molecule has 4 rings (SSSR count). The maximum Gasteiger partial charge on any atom is 0.274 e. The van der Waals surface area contributed by atoms with Crippen LogP contribution in [-0.2, 0) is 0 Å². The van der Waals surface area contributed by atoms with Gasteiger partial charge in [0, 0.05) is 17.2 Å². The lowest BCUT2D eigenvalue weighted by atomic mass is 10.1. The van der Waals surface area contributed by atoms with E-state index in [0.717, 1.165) is 11.3 Å². The number of rotatable bonds is 3. The van der Waals surface area contributed by atoms with Gasteiger partial charge in [0.15, 0.2) is 5.82 Å². The first-order chi connectivity index (χ1) is 12.2. The van der Waals surface area contributed by atoms with Crippen LogP contribution in [-0.4, -0.2) is 26.7 Å². The van der Waals surface area contributed by atoms with Gasteiger partial charge in [-0.2, -0.15) is 9.50 Å². The number of halogens is 1. The van der Waals surface area contributed by atoms with Gasteiger partial charge in [0.1, 0.15) is 5.75 Å². The normalized spacial score (nSPS) is 11.0. The number of hydrogen-bond donors (Lipinski definition) is 1. The first kappa shape index (κ1) is 15.4. The third kappa shape index (κ3) is 2.77. The Morgan fingerprint density at radius 2 is 1.84 bits per heavy atom. The van der Waals surface area contributed by atoms with Crippen molar-refractivity contribution in [1.29, 1.82) is 0 Å². The fraction of sp³-hybridized carbons (Fsp3) is 0.0556. The van der Waals surface area contributed by atoms with Crippen LogP contribution in [0.1, 0.15) is 0 Å². The van der Waals surface area contributed by atoms with Crippen molar-refractivity contribution >= 4 is 17.4 Å². The number of hydrogen-bond acceptors (Lipinski definition) is 4. The van der Waals surface area contributed by atoms with Gasteiger partial charge in [-0.05, 0) is 36.4 Å². The summed E-state index contributed by atoms with van der Waals surface area (Å²) >= 11 is 6.20. The van der Waals surface area contributed by atoms with E-state index >= 15 is 0 Å². The van der Waals surface area contributed by atoms with Crippen molar-refractivity contribution < 1.29 is 4.74 Å². The van der Waals surface area contributed by atoms with Crippen molar-refractivity contribution in [2.75, 3.05) is 7.11 Å². The zero-order valence-corrected chi connectivity index (χ0v) is 14.0. The molecule has 25 heavy (non-hydrogen) atoms. The third-order valence-electron chi connectivity index (χ3n) is 3.85. The summed E-state index contributed by atoms with van der Waals surface area (Å²) in [5.74, 6) is 1.51. The van der Waals surface area contributed by atoms with Gasteiger partial charge in [-0.15, -0.1) is 0 Å². The summed E-state index contributed by atoms with van der Waals surface area (Å²) in [5.41, 5.74) is 1.81. The van der Waals surface area contributed by atoms with Crippen molar-refractivity contribution in [3.05, 3.63) is 70.0 Å². The number of aromatic amines is 1. The Balaban J connectivity index is 1.84. The summed E-state index contributed by atoms with van der Waals surface area (Å²) in [5, 5.41) is 3.49. The SMILES string of the molecule is COc1ccc(-c2cc(=O)n3[nH]c(-c4ccccc4Cl)nc3n2)cc1. The minimum absolute atomic E-state index is 0.248. The highest BCUT2D eigenvalue weighted by atomic mass is 35.5. The van der Waals surface area contributed by atoms with E-state index in [2.05, 4.69) is 15.1 Å². The van der Waals surface area contributed by atoms with Gasteiger partial charge in [-0.3, -0.25) is 9.89 Å². The second-order valence-electron chi connectivity index (χ2n) is 5.40. The van der Waals surface area contributed by atoms with Crippen LogP contribution < -0.4 is 10.3 Å². The molecular formula is C18H13ClN4O2. The van der Waals surface area contributed by atoms with Gasteiger partial charge in [0.25, 0.3) is 11.3 Å². The zero-order valence-electron chi connectivity index (χ0n) is 13.2. The van der Waals surface area contributed by atoms with Crippen LogP contribution in [0.2, 0.25) is 5.02 Å². The summed E-state index contributed by atoms with van der Waals surface area (Å²) in [6.45, 7) is 0. The van der Waals surface area contributed by atoms with E-state index in [-0.39, 0.29) is 11.3 Å². The summed E-state index contributed by atoms with van der Waals surface area (Å²) in [7, 11) is 1.60. The Morgan fingerprint density at radius 1 is 1.08 bits per heavy atom. The summed E-state index contributed by atoms with van der Waals surface area (Å²) < 4.78 is 6.44. The highest BCUT2D eigenvalue weighted by molar-refractivity contribution is 6.33. The molecule has 0 unspecified atom stereocenters. The fourth-order valence-electron chi connectivity index (χ4n) is 2.56.